The van der Waals surface area contributed by atoms with E-state index in [-0.39, 0.29) is 11.3 Å². The van der Waals surface area contributed by atoms with Crippen LogP contribution in [0.2, 0.25) is 0 Å². The molecule has 1 aliphatic rings. The number of halogens is 2. The molecule has 1 atom stereocenters. The molecule has 2 rings (SSSR count). The van der Waals surface area contributed by atoms with E-state index in [0.29, 0.717) is 6.54 Å². The van der Waals surface area contributed by atoms with Crippen LogP contribution in [0.25, 0.3) is 0 Å². The second kappa shape index (κ2) is 5.78. The number of carbonyl (C=O) groups excluding carboxylic acids is 1. The van der Waals surface area contributed by atoms with Gasteiger partial charge in [-0.1, -0.05) is 13.3 Å². The average Bonchev–Trinajstić information content (AvgIpc) is 2.42. The Morgan fingerprint density at radius 3 is 2.74 bits per heavy atom. The summed E-state index contributed by atoms with van der Waals surface area (Å²) in [6.07, 6.45) is 3.43. The van der Waals surface area contributed by atoms with Gasteiger partial charge >= 0.3 is 0 Å². The topological polar surface area (TPSA) is 29.1 Å². The van der Waals surface area contributed by atoms with Gasteiger partial charge in [-0.05, 0) is 44.0 Å². The van der Waals surface area contributed by atoms with Crippen molar-refractivity contribution in [2.24, 2.45) is 5.41 Å². The van der Waals surface area contributed by atoms with Gasteiger partial charge in [0.15, 0.2) is 17.4 Å². The van der Waals surface area contributed by atoms with E-state index in [4.69, 9.17) is 0 Å². The van der Waals surface area contributed by atoms with Crippen LogP contribution in [0, 0.1) is 17.0 Å². The summed E-state index contributed by atoms with van der Waals surface area (Å²) in [7, 11) is 0. The van der Waals surface area contributed by atoms with Gasteiger partial charge in [-0.2, -0.15) is 0 Å². The van der Waals surface area contributed by atoms with Crippen LogP contribution in [0.3, 0.4) is 0 Å². The molecule has 1 N–H and O–H groups in total. The van der Waals surface area contributed by atoms with Crippen molar-refractivity contribution in [1.82, 2.24) is 5.32 Å². The first-order valence-electron chi connectivity index (χ1n) is 6.79. The second-order valence-electron chi connectivity index (χ2n) is 5.27. The molecule has 1 aromatic rings. The number of Topliss-reactive ketones (excluding diaryl/α,β-unsaturated/α-hetero) is 1. The molecule has 0 saturated carbocycles. The molecule has 0 amide bonds. The number of piperidine rings is 1. The Morgan fingerprint density at radius 1 is 1.37 bits per heavy atom. The Morgan fingerprint density at radius 2 is 2.16 bits per heavy atom. The fraction of sp³-hybridized carbons (Fsp3) is 0.533. The van der Waals surface area contributed by atoms with Crippen molar-refractivity contribution < 1.29 is 13.6 Å². The molecule has 4 heteroatoms. The van der Waals surface area contributed by atoms with E-state index in [2.05, 4.69) is 5.32 Å². The minimum absolute atomic E-state index is 0.0690. The van der Waals surface area contributed by atoms with Crippen molar-refractivity contribution in [3.8, 4) is 0 Å². The molecule has 0 bridgehead atoms. The quantitative estimate of drug-likeness (QED) is 0.848. The number of ketones is 1. The summed E-state index contributed by atoms with van der Waals surface area (Å²) in [5.74, 6) is -1.94. The van der Waals surface area contributed by atoms with Crippen molar-refractivity contribution in [1.29, 1.82) is 0 Å². The van der Waals surface area contributed by atoms with E-state index >= 15 is 0 Å². The summed E-state index contributed by atoms with van der Waals surface area (Å²) >= 11 is 0. The molecular weight excluding hydrogens is 248 g/mol. The summed E-state index contributed by atoms with van der Waals surface area (Å²) < 4.78 is 26.2. The third-order valence-corrected chi connectivity index (χ3v) is 3.86. The van der Waals surface area contributed by atoms with Crippen molar-refractivity contribution in [3.63, 3.8) is 0 Å². The van der Waals surface area contributed by atoms with E-state index < -0.39 is 17.0 Å². The molecule has 1 heterocycles. The molecule has 0 aliphatic carbocycles. The van der Waals surface area contributed by atoms with Crippen LogP contribution in [0.15, 0.2) is 18.2 Å². The second-order valence-corrected chi connectivity index (χ2v) is 5.27. The first kappa shape index (κ1) is 14.1. The molecule has 0 radical (unpaired) electrons. The fourth-order valence-electron chi connectivity index (χ4n) is 2.91. The van der Waals surface area contributed by atoms with E-state index in [1.54, 1.807) is 0 Å². The third kappa shape index (κ3) is 2.84. The van der Waals surface area contributed by atoms with Crippen LogP contribution >= 0.6 is 0 Å². The Hall–Kier alpha value is -1.29. The van der Waals surface area contributed by atoms with Gasteiger partial charge in [0.1, 0.15) is 0 Å². The van der Waals surface area contributed by atoms with Crippen LogP contribution in [0.4, 0.5) is 8.78 Å². The van der Waals surface area contributed by atoms with Crippen LogP contribution in [0.5, 0.6) is 0 Å². The average molecular weight is 267 g/mol. The first-order valence-corrected chi connectivity index (χ1v) is 6.79. The van der Waals surface area contributed by atoms with Crippen LogP contribution in [-0.2, 0) is 0 Å². The largest absolute Gasteiger partial charge is 0.316 e. The lowest BCUT2D eigenvalue weighted by molar-refractivity contribution is 0.0717. The summed E-state index contributed by atoms with van der Waals surface area (Å²) in [4.78, 5) is 12.6. The van der Waals surface area contributed by atoms with Gasteiger partial charge < -0.3 is 5.32 Å². The SMILES string of the molecule is CCCC1(C(=O)c2ccc(F)c(F)c2)CCCNC1. The lowest BCUT2D eigenvalue weighted by atomic mass is 9.71. The minimum Gasteiger partial charge on any atom is -0.316 e. The van der Waals surface area contributed by atoms with Crippen molar-refractivity contribution in [3.05, 3.63) is 35.4 Å². The highest BCUT2D eigenvalue weighted by Crippen LogP contribution is 2.35. The molecule has 104 valence electrons. The van der Waals surface area contributed by atoms with Gasteiger partial charge in [-0.15, -0.1) is 0 Å². The smallest absolute Gasteiger partial charge is 0.170 e. The van der Waals surface area contributed by atoms with Crippen LogP contribution < -0.4 is 5.32 Å². The highest BCUT2D eigenvalue weighted by atomic mass is 19.2. The van der Waals surface area contributed by atoms with Gasteiger partial charge in [0, 0.05) is 17.5 Å². The molecule has 1 aromatic carbocycles. The van der Waals surface area contributed by atoms with E-state index in [1.165, 1.54) is 6.07 Å². The first-order chi connectivity index (χ1) is 9.09. The number of carbonyl (C=O) groups is 1. The number of nitrogens with one attached hydrogen (secondary N) is 1. The van der Waals surface area contributed by atoms with E-state index in [0.717, 1.165) is 44.4 Å². The van der Waals surface area contributed by atoms with Crippen molar-refractivity contribution in [2.75, 3.05) is 13.1 Å². The number of hydrogen-bond acceptors (Lipinski definition) is 2. The highest BCUT2D eigenvalue weighted by molar-refractivity contribution is 6.00. The predicted molar refractivity (Wildman–Crippen MR) is 70.1 cm³/mol. The van der Waals surface area contributed by atoms with Gasteiger partial charge in [0.2, 0.25) is 0 Å². The lowest BCUT2D eigenvalue weighted by Crippen LogP contribution is -2.45. The Labute approximate surface area is 112 Å². The number of hydrogen-bond donors (Lipinski definition) is 1. The monoisotopic (exact) mass is 267 g/mol. The molecule has 1 fully saturated rings. The maximum atomic E-state index is 13.3. The molecule has 2 nitrogen and oxygen atoms in total. The number of benzene rings is 1. The van der Waals surface area contributed by atoms with Crippen molar-refractivity contribution in [2.45, 2.75) is 32.6 Å². The highest BCUT2D eigenvalue weighted by Gasteiger charge is 2.39. The van der Waals surface area contributed by atoms with Gasteiger partial charge in [0.25, 0.3) is 0 Å². The maximum Gasteiger partial charge on any atom is 0.170 e. The Balaban J connectivity index is 2.30. The zero-order valence-corrected chi connectivity index (χ0v) is 11.1. The van der Waals surface area contributed by atoms with E-state index in [1.807, 2.05) is 6.92 Å². The standard InChI is InChI=1S/C15H19F2NO/c1-2-6-15(7-3-8-18-10-15)14(19)11-4-5-12(16)13(17)9-11/h4-5,9,18H,2-3,6-8,10H2,1H3. The zero-order chi connectivity index (χ0) is 13.9. The van der Waals surface area contributed by atoms with E-state index in [9.17, 15) is 13.6 Å². The normalized spacial score (nSPS) is 23.3. The summed E-state index contributed by atoms with van der Waals surface area (Å²) in [6, 6.07) is 3.43. The molecule has 1 saturated heterocycles. The maximum absolute atomic E-state index is 13.3. The lowest BCUT2D eigenvalue weighted by Gasteiger charge is -2.36. The molecule has 0 spiro atoms. The predicted octanol–water partition coefficient (Wildman–Crippen LogP) is 3.32. The molecule has 1 aliphatic heterocycles. The summed E-state index contributed by atoms with van der Waals surface area (Å²) in [5, 5.41) is 3.25. The van der Waals surface area contributed by atoms with Gasteiger partial charge in [0.05, 0.1) is 0 Å². The zero-order valence-electron chi connectivity index (χ0n) is 11.1. The minimum atomic E-state index is -0.957. The fourth-order valence-corrected chi connectivity index (χ4v) is 2.91. The van der Waals surface area contributed by atoms with Crippen molar-refractivity contribution >= 4 is 5.78 Å². The Bertz CT molecular complexity index is 462. The summed E-state index contributed by atoms with van der Waals surface area (Å²) in [6.45, 7) is 3.57. The molecule has 19 heavy (non-hydrogen) atoms. The van der Waals surface area contributed by atoms with Crippen LogP contribution in [0.1, 0.15) is 43.0 Å². The van der Waals surface area contributed by atoms with Crippen LogP contribution in [-0.4, -0.2) is 18.9 Å². The van der Waals surface area contributed by atoms with Gasteiger partial charge in [-0.3, -0.25) is 4.79 Å². The summed E-state index contributed by atoms with van der Waals surface area (Å²) in [5.41, 5.74) is -0.187. The molecule has 1 unspecified atom stereocenters. The Kier molecular flexibility index (Phi) is 4.30. The third-order valence-electron chi connectivity index (χ3n) is 3.86. The molecule has 0 aromatic heterocycles. The number of rotatable bonds is 4. The van der Waals surface area contributed by atoms with Gasteiger partial charge in [-0.25, -0.2) is 8.78 Å². The molecular formula is C15H19F2NO.